The van der Waals surface area contributed by atoms with Gasteiger partial charge in [-0.25, -0.2) is 0 Å². The molecule has 76 valence electrons. The molecule has 1 N–H and O–H groups in total. The Kier molecular flexibility index (Phi) is 2.93. The van der Waals surface area contributed by atoms with Crippen LogP contribution in [0.1, 0.15) is 13.8 Å². The number of halogens is 1. The van der Waals surface area contributed by atoms with Crippen LogP contribution in [0.2, 0.25) is 5.02 Å². The molecule has 0 aliphatic carbocycles. The minimum absolute atomic E-state index is 0.670. The van der Waals surface area contributed by atoms with Crippen LogP contribution in [0.3, 0.4) is 0 Å². The molecule has 2 rings (SSSR count). The SMILES string of the molecule is CC(C)C1CNc2cc(Cl)ccc2S1. The van der Waals surface area contributed by atoms with E-state index in [-0.39, 0.29) is 0 Å². The third kappa shape index (κ3) is 2.01. The lowest BCUT2D eigenvalue weighted by molar-refractivity contribution is 0.620. The standard InChI is InChI=1S/C11H14ClNS/c1-7(2)11-6-13-9-5-8(12)3-4-10(9)14-11/h3-5,7,11,13H,6H2,1-2H3. The molecule has 1 unspecified atom stereocenters. The molecule has 1 heterocycles. The fourth-order valence-corrected chi connectivity index (χ4v) is 2.87. The van der Waals surface area contributed by atoms with Crippen molar-refractivity contribution < 1.29 is 0 Å². The number of nitrogens with one attached hydrogen (secondary N) is 1. The number of hydrogen-bond donors (Lipinski definition) is 1. The molecule has 1 aromatic rings. The van der Waals surface area contributed by atoms with Crippen molar-refractivity contribution in [2.24, 2.45) is 5.92 Å². The summed E-state index contributed by atoms with van der Waals surface area (Å²) in [4.78, 5) is 1.32. The van der Waals surface area contributed by atoms with Gasteiger partial charge in [-0.2, -0.15) is 0 Å². The van der Waals surface area contributed by atoms with Crippen molar-refractivity contribution in [3.05, 3.63) is 23.2 Å². The van der Waals surface area contributed by atoms with E-state index in [1.807, 2.05) is 23.9 Å². The molecule has 0 fully saturated rings. The Labute approximate surface area is 94.2 Å². The van der Waals surface area contributed by atoms with Gasteiger partial charge >= 0.3 is 0 Å². The van der Waals surface area contributed by atoms with Gasteiger partial charge in [-0.3, -0.25) is 0 Å². The second-order valence-electron chi connectivity index (χ2n) is 3.92. The molecule has 0 saturated heterocycles. The van der Waals surface area contributed by atoms with Crippen molar-refractivity contribution in [1.82, 2.24) is 0 Å². The summed E-state index contributed by atoms with van der Waals surface area (Å²) in [6, 6.07) is 6.06. The van der Waals surface area contributed by atoms with Crippen molar-refractivity contribution in [1.29, 1.82) is 0 Å². The molecule has 14 heavy (non-hydrogen) atoms. The van der Waals surface area contributed by atoms with Gasteiger partial charge in [-0.05, 0) is 24.1 Å². The molecule has 1 atom stereocenters. The maximum atomic E-state index is 5.93. The van der Waals surface area contributed by atoms with Gasteiger partial charge in [0.15, 0.2) is 0 Å². The minimum atomic E-state index is 0.670. The van der Waals surface area contributed by atoms with E-state index < -0.39 is 0 Å². The van der Waals surface area contributed by atoms with Crippen LogP contribution in [-0.2, 0) is 0 Å². The van der Waals surface area contributed by atoms with Crippen molar-refractivity contribution in [3.63, 3.8) is 0 Å². The summed E-state index contributed by atoms with van der Waals surface area (Å²) in [7, 11) is 0. The Bertz CT molecular complexity index is 338. The van der Waals surface area contributed by atoms with Gasteiger partial charge in [0.1, 0.15) is 0 Å². The van der Waals surface area contributed by atoms with E-state index >= 15 is 0 Å². The number of anilines is 1. The second-order valence-corrected chi connectivity index (χ2v) is 5.64. The van der Waals surface area contributed by atoms with Crippen molar-refractivity contribution in [3.8, 4) is 0 Å². The summed E-state index contributed by atoms with van der Waals surface area (Å²) in [5.74, 6) is 0.705. The Morgan fingerprint density at radius 3 is 3.00 bits per heavy atom. The molecule has 0 aromatic heterocycles. The van der Waals surface area contributed by atoms with Crippen molar-refractivity contribution >= 4 is 29.1 Å². The van der Waals surface area contributed by atoms with Crippen LogP contribution in [0.4, 0.5) is 5.69 Å². The summed E-state index contributed by atoms with van der Waals surface area (Å²) in [5.41, 5.74) is 1.18. The van der Waals surface area contributed by atoms with E-state index in [4.69, 9.17) is 11.6 Å². The van der Waals surface area contributed by atoms with E-state index in [0.717, 1.165) is 11.6 Å². The maximum Gasteiger partial charge on any atom is 0.0493 e. The molecule has 0 bridgehead atoms. The van der Waals surface area contributed by atoms with Gasteiger partial charge in [0, 0.05) is 27.4 Å². The van der Waals surface area contributed by atoms with Crippen LogP contribution in [0.25, 0.3) is 0 Å². The number of rotatable bonds is 1. The molecule has 1 aromatic carbocycles. The molecule has 0 radical (unpaired) electrons. The van der Waals surface area contributed by atoms with E-state index in [1.54, 1.807) is 0 Å². The highest BCUT2D eigenvalue weighted by Crippen LogP contribution is 2.38. The lowest BCUT2D eigenvalue weighted by Crippen LogP contribution is -2.25. The van der Waals surface area contributed by atoms with Gasteiger partial charge in [0.25, 0.3) is 0 Å². The van der Waals surface area contributed by atoms with E-state index in [9.17, 15) is 0 Å². The van der Waals surface area contributed by atoms with Crippen molar-refractivity contribution in [2.75, 3.05) is 11.9 Å². The largest absolute Gasteiger partial charge is 0.383 e. The zero-order valence-corrected chi connectivity index (χ0v) is 9.95. The Hall–Kier alpha value is -0.340. The molecular weight excluding hydrogens is 214 g/mol. The summed E-state index contributed by atoms with van der Waals surface area (Å²) in [6.07, 6.45) is 0. The Morgan fingerprint density at radius 1 is 1.50 bits per heavy atom. The highest BCUT2D eigenvalue weighted by atomic mass is 35.5. The van der Waals surface area contributed by atoms with Gasteiger partial charge < -0.3 is 5.32 Å². The Balaban J connectivity index is 2.23. The lowest BCUT2D eigenvalue weighted by atomic mass is 10.1. The van der Waals surface area contributed by atoms with Crippen molar-refractivity contribution in [2.45, 2.75) is 24.0 Å². The summed E-state index contributed by atoms with van der Waals surface area (Å²) >= 11 is 7.88. The average Bonchev–Trinajstić information content (AvgIpc) is 2.16. The fraction of sp³-hybridized carbons (Fsp3) is 0.455. The molecule has 1 aliphatic rings. The molecule has 0 spiro atoms. The third-order valence-electron chi connectivity index (χ3n) is 2.46. The maximum absolute atomic E-state index is 5.93. The summed E-state index contributed by atoms with van der Waals surface area (Å²) in [6.45, 7) is 5.57. The van der Waals surface area contributed by atoms with Crippen LogP contribution in [0, 0.1) is 5.92 Å². The van der Waals surface area contributed by atoms with Crippen LogP contribution < -0.4 is 5.32 Å². The number of fused-ring (bicyclic) bond motifs is 1. The van der Waals surface area contributed by atoms with E-state index in [0.29, 0.717) is 11.2 Å². The zero-order chi connectivity index (χ0) is 10.1. The smallest absolute Gasteiger partial charge is 0.0493 e. The predicted molar refractivity (Wildman–Crippen MR) is 64.4 cm³/mol. The fourth-order valence-electron chi connectivity index (χ4n) is 1.53. The van der Waals surface area contributed by atoms with E-state index in [1.165, 1.54) is 10.6 Å². The Morgan fingerprint density at radius 2 is 2.29 bits per heavy atom. The molecule has 3 heteroatoms. The number of hydrogen-bond acceptors (Lipinski definition) is 2. The molecule has 0 saturated carbocycles. The lowest BCUT2D eigenvalue weighted by Gasteiger charge is -2.28. The first kappa shape index (κ1) is 10.2. The van der Waals surface area contributed by atoms with Crippen LogP contribution in [0.15, 0.2) is 23.1 Å². The summed E-state index contributed by atoms with van der Waals surface area (Å²) < 4.78 is 0. The summed E-state index contributed by atoms with van der Waals surface area (Å²) in [5, 5.41) is 4.91. The van der Waals surface area contributed by atoms with Gasteiger partial charge in [-0.15, -0.1) is 11.8 Å². The second kappa shape index (κ2) is 4.03. The molecule has 1 aliphatic heterocycles. The number of thioether (sulfide) groups is 1. The quantitative estimate of drug-likeness (QED) is 0.782. The first-order valence-corrected chi connectivity index (χ1v) is 6.12. The minimum Gasteiger partial charge on any atom is -0.383 e. The monoisotopic (exact) mass is 227 g/mol. The van der Waals surface area contributed by atoms with Crippen LogP contribution in [0.5, 0.6) is 0 Å². The van der Waals surface area contributed by atoms with Gasteiger partial charge in [-0.1, -0.05) is 25.4 Å². The van der Waals surface area contributed by atoms with Crippen LogP contribution in [-0.4, -0.2) is 11.8 Å². The van der Waals surface area contributed by atoms with E-state index in [2.05, 4.69) is 25.2 Å². The van der Waals surface area contributed by atoms with Gasteiger partial charge in [0.2, 0.25) is 0 Å². The normalized spacial score (nSPS) is 20.4. The molecule has 0 amide bonds. The van der Waals surface area contributed by atoms with Gasteiger partial charge in [0.05, 0.1) is 0 Å². The molecule has 1 nitrogen and oxygen atoms in total. The zero-order valence-electron chi connectivity index (χ0n) is 8.38. The topological polar surface area (TPSA) is 12.0 Å². The highest BCUT2D eigenvalue weighted by Gasteiger charge is 2.21. The third-order valence-corrected chi connectivity index (χ3v) is 4.32. The number of benzene rings is 1. The molecular formula is C11H14ClNS. The van der Waals surface area contributed by atoms with Crippen LogP contribution >= 0.6 is 23.4 Å². The average molecular weight is 228 g/mol. The predicted octanol–water partition coefficient (Wildman–Crippen LogP) is 3.88. The first-order valence-electron chi connectivity index (χ1n) is 4.87. The highest BCUT2D eigenvalue weighted by molar-refractivity contribution is 8.00. The first-order chi connectivity index (χ1) is 6.66.